The summed E-state index contributed by atoms with van der Waals surface area (Å²) in [6, 6.07) is 18.5. The zero-order valence-corrected chi connectivity index (χ0v) is 16.3. The van der Waals surface area contributed by atoms with Crippen LogP contribution in [0.1, 0.15) is 11.1 Å². The molecule has 0 bridgehead atoms. The number of fused-ring (bicyclic) bond motifs is 1. The van der Waals surface area contributed by atoms with Crippen LogP contribution in [0, 0.1) is 6.92 Å². The van der Waals surface area contributed by atoms with Crippen LogP contribution in [0.5, 0.6) is 0 Å². The lowest BCUT2D eigenvalue weighted by Crippen LogP contribution is -2.48. The molecule has 2 aromatic carbocycles. The molecule has 1 saturated heterocycles. The maximum Gasteiger partial charge on any atom is 0.238 e. The van der Waals surface area contributed by atoms with Crippen molar-refractivity contribution in [3.8, 4) is 0 Å². The number of piperazine rings is 1. The first-order valence-electron chi connectivity index (χ1n) is 9.81. The van der Waals surface area contributed by atoms with Gasteiger partial charge in [-0.3, -0.25) is 19.6 Å². The van der Waals surface area contributed by atoms with Crippen LogP contribution in [0.15, 0.2) is 60.8 Å². The van der Waals surface area contributed by atoms with Crippen molar-refractivity contribution in [2.24, 2.45) is 0 Å². The fourth-order valence-electron chi connectivity index (χ4n) is 3.71. The minimum absolute atomic E-state index is 0.0566. The second-order valence-electron chi connectivity index (χ2n) is 7.50. The molecule has 1 aromatic heterocycles. The van der Waals surface area contributed by atoms with Gasteiger partial charge in [-0.05, 0) is 48.4 Å². The Kier molecular flexibility index (Phi) is 5.65. The molecule has 0 spiro atoms. The van der Waals surface area contributed by atoms with Crippen LogP contribution in [0.3, 0.4) is 0 Å². The minimum atomic E-state index is 0.0566. The van der Waals surface area contributed by atoms with Gasteiger partial charge in [-0.15, -0.1) is 0 Å². The van der Waals surface area contributed by atoms with Gasteiger partial charge < -0.3 is 5.32 Å². The number of rotatable bonds is 5. The van der Waals surface area contributed by atoms with Crippen molar-refractivity contribution < 1.29 is 4.79 Å². The molecule has 144 valence electrons. The Morgan fingerprint density at radius 3 is 2.64 bits per heavy atom. The topological polar surface area (TPSA) is 48.5 Å². The Morgan fingerprint density at radius 1 is 1.00 bits per heavy atom. The minimum Gasteiger partial charge on any atom is -0.325 e. The molecule has 0 atom stereocenters. The lowest BCUT2D eigenvalue weighted by atomic mass is 10.1. The number of benzene rings is 2. The largest absolute Gasteiger partial charge is 0.325 e. The lowest BCUT2D eigenvalue weighted by molar-refractivity contribution is -0.117. The third-order valence-electron chi connectivity index (χ3n) is 5.21. The standard InChI is InChI=1S/C23H26N4O/c1-18-4-2-6-21(14-18)25-23(28)17-27-12-10-26(11-13-27)16-19-7-8-22-20(15-19)5-3-9-24-22/h2-9,14-15H,10-13,16-17H2,1H3,(H,25,28). The van der Waals surface area contributed by atoms with E-state index in [2.05, 4.69) is 44.4 Å². The first-order chi connectivity index (χ1) is 13.7. The number of carbonyl (C=O) groups is 1. The molecular weight excluding hydrogens is 348 g/mol. The maximum absolute atomic E-state index is 12.3. The van der Waals surface area contributed by atoms with E-state index < -0.39 is 0 Å². The number of anilines is 1. The number of pyridine rings is 1. The molecule has 5 heteroatoms. The number of hydrogen-bond donors (Lipinski definition) is 1. The summed E-state index contributed by atoms with van der Waals surface area (Å²) in [5.41, 5.74) is 4.37. The van der Waals surface area contributed by atoms with Gasteiger partial charge >= 0.3 is 0 Å². The molecule has 1 fully saturated rings. The van der Waals surface area contributed by atoms with Crippen LogP contribution in [-0.2, 0) is 11.3 Å². The van der Waals surface area contributed by atoms with Crippen molar-refractivity contribution in [2.75, 3.05) is 38.0 Å². The Bertz CT molecular complexity index is 963. The highest BCUT2D eigenvalue weighted by Gasteiger charge is 2.19. The van der Waals surface area contributed by atoms with E-state index in [0.717, 1.165) is 49.5 Å². The number of nitrogens with one attached hydrogen (secondary N) is 1. The normalized spacial score (nSPS) is 15.6. The van der Waals surface area contributed by atoms with Gasteiger partial charge in [0.1, 0.15) is 0 Å². The van der Waals surface area contributed by atoms with Crippen molar-refractivity contribution in [1.29, 1.82) is 0 Å². The smallest absolute Gasteiger partial charge is 0.238 e. The van der Waals surface area contributed by atoms with Crippen molar-refractivity contribution >= 4 is 22.5 Å². The van der Waals surface area contributed by atoms with Gasteiger partial charge in [0.05, 0.1) is 12.1 Å². The highest BCUT2D eigenvalue weighted by molar-refractivity contribution is 5.92. The van der Waals surface area contributed by atoms with Crippen LogP contribution < -0.4 is 5.32 Å². The van der Waals surface area contributed by atoms with Crippen molar-refractivity contribution in [1.82, 2.24) is 14.8 Å². The van der Waals surface area contributed by atoms with Gasteiger partial charge in [-0.1, -0.05) is 24.3 Å². The summed E-state index contributed by atoms with van der Waals surface area (Å²) in [6.07, 6.45) is 1.83. The van der Waals surface area contributed by atoms with Crippen molar-refractivity contribution in [2.45, 2.75) is 13.5 Å². The van der Waals surface area contributed by atoms with Crippen LogP contribution in [0.25, 0.3) is 10.9 Å². The quantitative estimate of drug-likeness (QED) is 0.744. The summed E-state index contributed by atoms with van der Waals surface area (Å²) in [4.78, 5) is 21.4. The predicted molar refractivity (Wildman–Crippen MR) is 113 cm³/mol. The van der Waals surface area contributed by atoms with E-state index in [9.17, 15) is 4.79 Å². The number of amides is 1. The molecule has 1 N–H and O–H groups in total. The molecule has 1 amide bonds. The summed E-state index contributed by atoms with van der Waals surface area (Å²) in [6.45, 7) is 7.19. The van der Waals surface area contributed by atoms with Crippen LogP contribution in [-0.4, -0.2) is 53.4 Å². The molecule has 0 radical (unpaired) electrons. The fourth-order valence-corrected chi connectivity index (χ4v) is 3.71. The van der Waals surface area contributed by atoms with Crippen LogP contribution >= 0.6 is 0 Å². The van der Waals surface area contributed by atoms with Gasteiger partial charge in [0, 0.05) is 50.0 Å². The second-order valence-corrected chi connectivity index (χ2v) is 7.50. The summed E-state index contributed by atoms with van der Waals surface area (Å²) in [5, 5.41) is 4.18. The van der Waals surface area contributed by atoms with E-state index in [0.29, 0.717) is 6.54 Å². The molecule has 4 rings (SSSR count). The Labute approximate surface area is 166 Å². The summed E-state index contributed by atoms with van der Waals surface area (Å²) < 4.78 is 0. The molecule has 28 heavy (non-hydrogen) atoms. The van der Waals surface area contributed by atoms with E-state index in [1.807, 2.05) is 43.5 Å². The first kappa shape index (κ1) is 18.6. The van der Waals surface area contributed by atoms with E-state index in [-0.39, 0.29) is 5.91 Å². The van der Waals surface area contributed by atoms with Crippen LogP contribution in [0.4, 0.5) is 5.69 Å². The van der Waals surface area contributed by atoms with E-state index in [1.165, 1.54) is 10.9 Å². The van der Waals surface area contributed by atoms with Crippen molar-refractivity contribution in [3.05, 3.63) is 71.9 Å². The first-order valence-corrected chi connectivity index (χ1v) is 9.81. The van der Waals surface area contributed by atoms with E-state index in [4.69, 9.17) is 0 Å². The third kappa shape index (κ3) is 4.74. The third-order valence-corrected chi connectivity index (χ3v) is 5.21. The zero-order valence-electron chi connectivity index (χ0n) is 16.3. The van der Waals surface area contributed by atoms with Gasteiger partial charge in [0.2, 0.25) is 5.91 Å². The van der Waals surface area contributed by atoms with E-state index in [1.54, 1.807) is 0 Å². The molecule has 0 saturated carbocycles. The molecule has 2 heterocycles. The molecule has 3 aromatic rings. The SMILES string of the molecule is Cc1cccc(NC(=O)CN2CCN(Cc3ccc4ncccc4c3)CC2)c1. The molecule has 1 aliphatic heterocycles. The average Bonchev–Trinajstić information content (AvgIpc) is 2.69. The zero-order chi connectivity index (χ0) is 19.3. The van der Waals surface area contributed by atoms with Crippen molar-refractivity contribution in [3.63, 3.8) is 0 Å². The summed E-state index contributed by atoms with van der Waals surface area (Å²) in [7, 11) is 0. The number of hydrogen-bond acceptors (Lipinski definition) is 4. The number of aryl methyl sites for hydroxylation is 1. The average molecular weight is 374 g/mol. The Morgan fingerprint density at radius 2 is 1.82 bits per heavy atom. The lowest BCUT2D eigenvalue weighted by Gasteiger charge is -2.34. The number of aromatic nitrogens is 1. The molecule has 0 aliphatic carbocycles. The molecule has 5 nitrogen and oxygen atoms in total. The fraction of sp³-hybridized carbons (Fsp3) is 0.304. The summed E-state index contributed by atoms with van der Waals surface area (Å²) in [5.74, 6) is 0.0566. The van der Waals surface area contributed by atoms with Gasteiger partial charge in [-0.25, -0.2) is 0 Å². The van der Waals surface area contributed by atoms with Gasteiger partial charge in [0.25, 0.3) is 0 Å². The van der Waals surface area contributed by atoms with E-state index >= 15 is 0 Å². The molecule has 0 unspecified atom stereocenters. The molecule has 1 aliphatic rings. The van der Waals surface area contributed by atoms with Crippen LogP contribution in [0.2, 0.25) is 0 Å². The molecular formula is C23H26N4O. The number of carbonyl (C=O) groups excluding carboxylic acids is 1. The second kappa shape index (κ2) is 8.50. The predicted octanol–water partition coefficient (Wildman–Crippen LogP) is 3.30. The summed E-state index contributed by atoms with van der Waals surface area (Å²) >= 11 is 0. The highest BCUT2D eigenvalue weighted by Crippen LogP contribution is 2.16. The number of nitrogens with zero attached hydrogens (tertiary/aromatic N) is 3. The van der Waals surface area contributed by atoms with Gasteiger partial charge in [-0.2, -0.15) is 0 Å². The highest BCUT2D eigenvalue weighted by atomic mass is 16.2. The monoisotopic (exact) mass is 374 g/mol. The Balaban J connectivity index is 1.26. The van der Waals surface area contributed by atoms with Gasteiger partial charge in [0.15, 0.2) is 0 Å². The maximum atomic E-state index is 12.3. The Hall–Kier alpha value is -2.76.